The molecule has 3 aromatic rings. The molecule has 0 atom stereocenters. The Morgan fingerprint density at radius 3 is 2.41 bits per heavy atom. The predicted molar refractivity (Wildman–Crippen MR) is 136 cm³/mol. The summed E-state index contributed by atoms with van der Waals surface area (Å²) < 4.78 is 10.8. The lowest BCUT2D eigenvalue weighted by atomic mass is 10.2. The number of aromatic nitrogens is 1. The molecule has 0 unspecified atom stereocenters. The van der Waals surface area contributed by atoms with E-state index in [-0.39, 0.29) is 24.0 Å². The van der Waals surface area contributed by atoms with Gasteiger partial charge in [0.05, 0.1) is 5.69 Å². The number of piperazine rings is 1. The molecule has 1 aliphatic heterocycles. The third-order valence-corrected chi connectivity index (χ3v) is 5.38. The largest absolute Gasteiger partial charge is 0.489 e. The van der Waals surface area contributed by atoms with Gasteiger partial charge in [0, 0.05) is 52.4 Å². The molecule has 170 valence electrons. The molecule has 1 N–H and O–H groups in total. The monoisotopic (exact) mass is 547 g/mol. The van der Waals surface area contributed by atoms with Crippen LogP contribution in [0.4, 0.5) is 0 Å². The second-order valence-electron chi connectivity index (χ2n) is 7.57. The average molecular weight is 547 g/mol. The van der Waals surface area contributed by atoms with Gasteiger partial charge in [0.15, 0.2) is 5.96 Å². The van der Waals surface area contributed by atoms with E-state index in [4.69, 9.17) is 9.26 Å². The number of rotatable bonds is 7. The highest BCUT2D eigenvalue weighted by Crippen LogP contribution is 2.14. The summed E-state index contributed by atoms with van der Waals surface area (Å²) >= 11 is 0. The molecule has 2 aromatic carbocycles. The number of hydrogen-bond donors (Lipinski definition) is 1. The Morgan fingerprint density at radius 2 is 1.75 bits per heavy atom. The maximum Gasteiger partial charge on any atom is 0.194 e. The van der Waals surface area contributed by atoms with Crippen molar-refractivity contribution < 1.29 is 9.26 Å². The first kappa shape index (κ1) is 24.1. The molecule has 1 aliphatic rings. The van der Waals surface area contributed by atoms with Crippen LogP contribution >= 0.6 is 24.0 Å². The van der Waals surface area contributed by atoms with Crippen molar-refractivity contribution in [3.63, 3.8) is 0 Å². The smallest absolute Gasteiger partial charge is 0.194 e. The van der Waals surface area contributed by atoms with Crippen molar-refractivity contribution in [2.24, 2.45) is 4.99 Å². The minimum Gasteiger partial charge on any atom is -0.489 e. The Labute approximate surface area is 206 Å². The summed E-state index contributed by atoms with van der Waals surface area (Å²) in [5, 5.41) is 7.48. The zero-order valence-electron chi connectivity index (χ0n) is 18.3. The fourth-order valence-electron chi connectivity index (χ4n) is 3.62. The van der Waals surface area contributed by atoms with Crippen LogP contribution < -0.4 is 10.1 Å². The maximum atomic E-state index is 5.87. The molecule has 32 heavy (non-hydrogen) atoms. The van der Waals surface area contributed by atoms with Gasteiger partial charge in [0.25, 0.3) is 0 Å². The van der Waals surface area contributed by atoms with E-state index in [1.54, 1.807) is 6.26 Å². The van der Waals surface area contributed by atoms with Crippen LogP contribution in [0.3, 0.4) is 0 Å². The second kappa shape index (κ2) is 12.4. The standard InChI is InChI=1S/C24H29N5O2.HI/c1-25-24(29-14-12-28(13-15-29)18-22-11-16-31-27-22)26-17-20-7-9-23(10-8-20)30-19-21-5-3-2-4-6-21;/h2-11,16H,12-15,17-19H2,1H3,(H,25,26);1H. The number of guanidine groups is 1. The van der Waals surface area contributed by atoms with E-state index in [1.807, 2.05) is 43.4 Å². The Balaban J connectivity index is 0.00000289. The molecule has 1 fully saturated rings. The van der Waals surface area contributed by atoms with Crippen molar-refractivity contribution in [1.29, 1.82) is 0 Å². The fourth-order valence-corrected chi connectivity index (χ4v) is 3.62. The minimum absolute atomic E-state index is 0. The Hall–Kier alpha value is -2.59. The summed E-state index contributed by atoms with van der Waals surface area (Å²) in [7, 11) is 1.84. The molecule has 0 aliphatic carbocycles. The highest BCUT2D eigenvalue weighted by Gasteiger charge is 2.20. The first-order chi connectivity index (χ1) is 15.3. The second-order valence-corrected chi connectivity index (χ2v) is 7.57. The van der Waals surface area contributed by atoms with Crippen LogP contribution in [0.2, 0.25) is 0 Å². The van der Waals surface area contributed by atoms with Crippen LogP contribution in [-0.2, 0) is 19.7 Å². The molecule has 0 spiro atoms. The van der Waals surface area contributed by atoms with Gasteiger partial charge in [-0.25, -0.2) is 0 Å². The van der Waals surface area contributed by atoms with Gasteiger partial charge in [-0.2, -0.15) is 0 Å². The van der Waals surface area contributed by atoms with Crippen molar-refractivity contribution in [1.82, 2.24) is 20.3 Å². The molecule has 0 saturated carbocycles. The third kappa shape index (κ3) is 6.96. The Kier molecular flexibility index (Phi) is 9.36. The van der Waals surface area contributed by atoms with Gasteiger partial charge in [0.1, 0.15) is 18.6 Å². The molecule has 0 radical (unpaired) electrons. The molecule has 7 nitrogen and oxygen atoms in total. The Morgan fingerprint density at radius 1 is 1.00 bits per heavy atom. The van der Waals surface area contributed by atoms with Gasteiger partial charge < -0.3 is 19.5 Å². The molecule has 0 amide bonds. The molecular weight excluding hydrogens is 517 g/mol. The lowest BCUT2D eigenvalue weighted by Gasteiger charge is -2.36. The highest BCUT2D eigenvalue weighted by atomic mass is 127. The van der Waals surface area contributed by atoms with Crippen LogP contribution in [0.15, 0.2) is 76.4 Å². The first-order valence-electron chi connectivity index (χ1n) is 10.6. The van der Waals surface area contributed by atoms with Gasteiger partial charge in [-0.15, -0.1) is 24.0 Å². The van der Waals surface area contributed by atoms with Gasteiger partial charge >= 0.3 is 0 Å². The zero-order chi connectivity index (χ0) is 21.3. The Bertz CT molecular complexity index is 940. The molecule has 1 aromatic heterocycles. The topological polar surface area (TPSA) is 66.1 Å². The number of benzene rings is 2. The lowest BCUT2D eigenvalue weighted by molar-refractivity contribution is 0.169. The van der Waals surface area contributed by atoms with E-state index in [2.05, 4.69) is 49.5 Å². The van der Waals surface area contributed by atoms with E-state index < -0.39 is 0 Å². The molecular formula is C24H30IN5O2. The van der Waals surface area contributed by atoms with Crippen molar-refractivity contribution in [2.75, 3.05) is 33.2 Å². The zero-order valence-corrected chi connectivity index (χ0v) is 20.6. The number of nitrogens with one attached hydrogen (secondary N) is 1. The number of ether oxygens (including phenoxy) is 1. The predicted octanol–water partition coefficient (Wildman–Crippen LogP) is 3.76. The number of nitrogens with zero attached hydrogens (tertiary/aromatic N) is 4. The maximum absolute atomic E-state index is 5.87. The third-order valence-electron chi connectivity index (χ3n) is 5.38. The van der Waals surface area contributed by atoms with Gasteiger partial charge in [-0.3, -0.25) is 9.89 Å². The van der Waals surface area contributed by atoms with Crippen molar-refractivity contribution in [3.8, 4) is 5.75 Å². The van der Waals surface area contributed by atoms with Gasteiger partial charge in [0.2, 0.25) is 0 Å². The first-order valence-corrected chi connectivity index (χ1v) is 10.6. The summed E-state index contributed by atoms with van der Waals surface area (Å²) in [6, 6.07) is 20.3. The van der Waals surface area contributed by atoms with Crippen LogP contribution in [0, 0.1) is 0 Å². The van der Waals surface area contributed by atoms with E-state index >= 15 is 0 Å². The minimum atomic E-state index is 0. The van der Waals surface area contributed by atoms with Crippen LogP contribution in [-0.4, -0.2) is 54.1 Å². The normalized spacial score (nSPS) is 14.7. The van der Waals surface area contributed by atoms with E-state index in [0.717, 1.165) is 62.2 Å². The van der Waals surface area contributed by atoms with E-state index in [9.17, 15) is 0 Å². The van der Waals surface area contributed by atoms with Crippen molar-refractivity contribution >= 4 is 29.9 Å². The summed E-state index contributed by atoms with van der Waals surface area (Å²) in [5.74, 6) is 1.81. The lowest BCUT2D eigenvalue weighted by Crippen LogP contribution is -2.52. The number of aliphatic imine (C=N–C) groups is 1. The molecule has 8 heteroatoms. The van der Waals surface area contributed by atoms with Gasteiger partial charge in [-0.1, -0.05) is 47.6 Å². The highest BCUT2D eigenvalue weighted by molar-refractivity contribution is 14.0. The molecule has 1 saturated heterocycles. The van der Waals surface area contributed by atoms with Crippen LogP contribution in [0.1, 0.15) is 16.8 Å². The fraction of sp³-hybridized carbons (Fsp3) is 0.333. The quantitative estimate of drug-likeness (QED) is 0.276. The van der Waals surface area contributed by atoms with Crippen LogP contribution in [0.25, 0.3) is 0 Å². The number of halogens is 1. The van der Waals surface area contributed by atoms with E-state index in [0.29, 0.717) is 6.61 Å². The summed E-state index contributed by atoms with van der Waals surface area (Å²) in [6.07, 6.45) is 1.62. The van der Waals surface area contributed by atoms with Crippen molar-refractivity contribution in [2.45, 2.75) is 19.7 Å². The van der Waals surface area contributed by atoms with E-state index in [1.165, 1.54) is 5.56 Å². The number of hydrogen-bond acceptors (Lipinski definition) is 5. The summed E-state index contributed by atoms with van der Waals surface area (Å²) in [5.41, 5.74) is 3.34. The van der Waals surface area contributed by atoms with Crippen molar-refractivity contribution in [3.05, 3.63) is 83.7 Å². The molecule has 2 heterocycles. The summed E-state index contributed by atoms with van der Waals surface area (Å²) in [4.78, 5) is 9.16. The van der Waals surface area contributed by atoms with Crippen LogP contribution in [0.5, 0.6) is 5.75 Å². The SMILES string of the molecule is CN=C(NCc1ccc(OCc2ccccc2)cc1)N1CCN(Cc2ccon2)CC1.I. The van der Waals surface area contributed by atoms with Gasteiger partial charge in [-0.05, 0) is 23.3 Å². The molecule has 4 rings (SSSR count). The average Bonchev–Trinajstić information content (AvgIpc) is 3.34. The molecule has 0 bridgehead atoms. The summed E-state index contributed by atoms with van der Waals surface area (Å²) in [6.45, 7) is 5.95.